The van der Waals surface area contributed by atoms with Crippen LogP contribution in [-0.2, 0) is 24.0 Å². The van der Waals surface area contributed by atoms with Crippen molar-refractivity contribution in [1.82, 2.24) is 15.5 Å². The molecule has 0 aromatic rings. The summed E-state index contributed by atoms with van der Waals surface area (Å²) in [5.74, 6) is -4.59. The molecule has 0 saturated carbocycles. The van der Waals surface area contributed by atoms with E-state index in [0.717, 1.165) is 32.1 Å². The molecular formula is C33H60N4Na2O8. The number of nitrogens with one attached hydrogen (secondary N) is 3. The van der Waals surface area contributed by atoms with Crippen LogP contribution in [-0.4, -0.2) is 65.3 Å². The molecule has 2 amide bonds. The van der Waals surface area contributed by atoms with Crippen molar-refractivity contribution in [3.05, 3.63) is 0 Å². The van der Waals surface area contributed by atoms with E-state index >= 15 is 0 Å². The van der Waals surface area contributed by atoms with Crippen LogP contribution in [0.15, 0.2) is 0 Å². The van der Waals surface area contributed by atoms with Crippen molar-refractivity contribution in [1.29, 1.82) is 5.41 Å². The Morgan fingerprint density at radius 2 is 1.04 bits per heavy atom. The first-order chi connectivity index (χ1) is 21.4. The Kier molecular flexibility index (Phi) is 42.1. The summed E-state index contributed by atoms with van der Waals surface area (Å²) in [6, 6.07) is -1.26. The minimum Gasteiger partial charge on any atom is -0.550 e. The van der Waals surface area contributed by atoms with E-state index in [4.69, 9.17) is 10.5 Å². The molecule has 262 valence electrons. The summed E-state index contributed by atoms with van der Waals surface area (Å²) >= 11 is 0. The van der Waals surface area contributed by atoms with Crippen LogP contribution >= 0.6 is 0 Å². The zero-order valence-corrected chi connectivity index (χ0v) is 34.1. The largest absolute Gasteiger partial charge is 1.00 e. The fourth-order valence-electron chi connectivity index (χ4n) is 4.54. The number of guanidine groups is 1. The van der Waals surface area contributed by atoms with Gasteiger partial charge in [-0.2, -0.15) is 0 Å². The molecule has 4 N–H and O–H groups in total. The number of carbonyl (C=O) groups is 5. The summed E-state index contributed by atoms with van der Waals surface area (Å²) in [5.41, 5.74) is 0. The van der Waals surface area contributed by atoms with Gasteiger partial charge in [-0.1, -0.05) is 117 Å². The summed E-state index contributed by atoms with van der Waals surface area (Å²) in [7, 11) is 1.47. The van der Waals surface area contributed by atoms with Crippen molar-refractivity contribution < 1.29 is 98.4 Å². The molecular weight excluding hydrogens is 626 g/mol. The van der Waals surface area contributed by atoms with Crippen LogP contribution in [0.2, 0.25) is 0 Å². The fraction of sp³-hybridized carbons (Fsp3) is 0.818. The molecule has 0 heterocycles. The van der Waals surface area contributed by atoms with E-state index in [1.54, 1.807) is 0 Å². The van der Waals surface area contributed by atoms with E-state index in [1.165, 1.54) is 89.0 Å². The number of carboxylic acids is 3. The third-order valence-corrected chi connectivity index (χ3v) is 7.28. The smallest absolute Gasteiger partial charge is 0.550 e. The molecule has 0 saturated heterocycles. The van der Waals surface area contributed by atoms with Gasteiger partial charge in [0.2, 0.25) is 11.8 Å². The number of nitrogens with zero attached hydrogens (tertiary/aromatic N) is 1. The van der Waals surface area contributed by atoms with Crippen LogP contribution in [0.3, 0.4) is 0 Å². The normalized spacial score (nSPS) is 10.6. The van der Waals surface area contributed by atoms with E-state index in [-0.39, 0.29) is 96.3 Å². The van der Waals surface area contributed by atoms with E-state index in [2.05, 4.69) is 24.5 Å². The van der Waals surface area contributed by atoms with Crippen molar-refractivity contribution in [2.75, 3.05) is 13.6 Å². The summed E-state index contributed by atoms with van der Waals surface area (Å²) in [4.78, 5) is 56.1. The number of carbonyl (C=O) groups excluding carboxylic acids is 4. The van der Waals surface area contributed by atoms with Crippen molar-refractivity contribution >= 4 is 35.7 Å². The minimum atomic E-state index is -1.47. The van der Waals surface area contributed by atoms with Crippen molar-refractivity contribution in [2.45, 2.75) is 161 Å². The molecule has 0 bridgehead atoms. The topological polar surface area (TPSA) is 203 Å². The van der Waals surface area contributed by atoms with Crippen LogP contribution in [0.5, 0.6) is 0 Å². The Morgan fingerprint density at radius 1 is 0.660 bits per heavy atom. The molecule has 0 aliphatic carbocycles. The second-order valence-corrected chi connectivity index (χ2v) is 11.7. The van der Waals surface area contributed by atoms with Crippen molar-refractivity contribution in [3.8, 4) is 0 Å². The molecule has 0 aromatic carbocycles. The molecule has 0 rings (SSSR count). The minimum absolute atomic E-state index is 0. The standard InChI is InChI=1S/C17H31NO5.C16H31N3O3.2Na/c1-2-3-4-5-6-7-8-9-10-11-15(19)18-14(17(22)23)12-13-16(20)21;1-3-4-5-6-7-8-9-10-11-12-14(20)18-16(17)19(2)13-15(21)22;;/h14H,2-13H2,1H3,(H,18,19)(H,20,21)(H,22,23);3-13H2,1-2H3,(H,21,22)(H2,17,18,20);;/q;;2*+1/p-2/t14-;;;/m0.../s1. The van der Waals surface area contributed by atoms with E-state index in [9.17, 15) is 34.2 Å². The molecule has 0 aliphatic rings. The van der Waals surface area contributed by atoms with Gasteiger partial charge in [-0.05, 0) is 25.7 Å². The van der Waals surface area contributed by atoms with Gasteiger partial charge in [-0.25, -0.2) is 0 Å². The van der Waals surface area contributed by atoms with Crippen molar-refractivity contribution in [3.63, 3.8) is 0 Å². The Labute approximate surface area is 327 Å². The average molecular weight is 687 g/mol. The second kappa shape index (κ2) is 37.6. The maximum Gasteiger partial charge on any atom is 1.00 e. The van der Waals surface area contributed by atoms with Gasteiger partial charge >= 0.3 is 65.1 Å². The van der Waals surface area contributed by atoms with Gasteiger partial charge in [-0.3, -0.25) is 25.1 Å². The number of rotatable bonds is 27. The van der Waals surface area contributed by atoms with Gasteiger partial charge in [0.25, 0.3) is 0 Å². The summed E-state index contributed by atoms with van der Waals surface area (Å²) in [6.07, 6.45) is 20.9. The first-order valence-electron chi connectivity index (χ1n) is 17.0. The predicted octanol–water partition coefficient (Wildman–Crippen LogP) is -2.35. The Balaban J connectivity index is -0.000000378. The quantitative estimate of drug-likeness (QED) is 0.0316. The average Bonchev–Trinajstić information content (AvgIpc) is 2.97. The van der Waals surface area contributed by atoms with Gasteiger partial charge in [0.05, 0.1) is 12.0 Å². The molecule has 14 heteroatoms. The Bertz CT molecular complexity index is 849. The molecule has 0 unspecified atom stereocenters. The van der Waals surface area contributed by atoms with Crippen LogP contribution in [0.4, 0.5) is 0 Å². The van der Waals surface area contributed by atoms with Gasteiger partial charge in [0.15, 0.2) is 5.96 Å². The van der Waals surface area contributed by atoms with E-state index < -0.39 is 30.4 Å². The predicted molar refractivity (Wildman–Crippen MR) is 171 cm³/mol. The van der Waals surface area contributed by atoms with Crippen LogP contribution in [0.1, 0.15) is 155 Å². The number of carboxylic acid groups (broad SMARTS) is 3. The van der Waals surface area contributed by atoms with Crippen LogP contribution in [0, 0.1) is 5.41 Å². The third kappa shape index (κ3) is 39.1. The van der Waals surface area contributed by atoms with Crippen LogP contribution in [0.25, 0.3) is 0 Å². The van der Waals surface area contributed by atoms with Gasteiger partial charge in [-0.15, -0.1) is 0 Å². The van der Waals surface area contributed by atoms with E-state index in [0.29, 0.717) is 12.8 Å². The summed E-state index contributed by atoms with van der Waals surface area (Å²) in [6.45, 7) is 4.11. The zero-order valence-electron chi connectivity index (χ0n) is 30.1. The number of amides is 2. The molecule has 47 heavy (non-hydrogen) atoms. The van der Waals surface area contributed by atoms with Crippen LogP contribution < -0.4 is 80.0 Å². The number of likely N-dealkylation sites (N-methyl/N-ethyl adjacent to an activating group) is 1. The second-order valence-electron chi connectivity index (χ2n) is 11.7. The molecule has 0 fully saturated rings. The maximum atomic E-state index is 11.6. The number of unbranched alkanes of at least 4 members (excludes halogenated alkanes) is 16. The number of hydrogen-bond donors (Lipinski definition) is 4. The monoisotopic (exact) mass is 686 g/mol. The summed E-state index contributed by atoms with van der Waals surface area (Å²) < 4.78 is 0. The van der Waals surface area contributed by atoms with Crippen molar-refractivity contribution in [2.24, 2.45) is 0 Å². The maximum absolute atomic E-state index is 11.6. The molecule has 1 atom stereocenters. The zero-order chi connectivity index (χ0) is 34.3. The van der Waals surface area contributed by atoms with Gasteiger partial charge in [0, 0.05) is 25.9 Å². The first-order valence-corrected chi connectivity index (χ1v) is 17.0. The molecule has 0 spiro atoms. The molecule has 0 aliphatic heterocycles. The molecule has 12 nitrogen and oxygen atoms in total. The summed E-state index contributed by atoms with van der Waals surface area (Å²) in [5, 5.41) is 42.1. The molecule has 0 radical (unpaired) electrons. The first kappa shape index (κ1) is 52.6. The van der Waals surface area contributed by atoms with Gasteiger partial charge in [0.1, 0.15) is 6.54 Å². The number of hydrogen-bond acceptors (Lipinski definition) is 8. The number of aliphatic carboxylic acids is 3. The molecule has 0 aromatic heterocycles. The Hall–Kier alpha value is -1.18. The van der Waals surface area contributed by atoms with Gasteiger partial charge < -0.3 is 35.1 Å². The van der Waals surface area contributed by atoms with E-state index in [1.807, 2.05) is 0 Å². The SMILES string of the molecule is CCCCCCCCCCCC(=O)NC(=N)N(C)CC(=O)O.CCCCCCCCCCCC(=O)N[C@@H](CCC(=O)[O-])C(=O)[O-].[Na+].[Na+]. The third-order valence-electron chi connectivity index (χ3n) is 7.28. The fourth-order valence-corrected chi connectivity index (χ4v) is 4.54. The Morgan fingerprint density at radius 3 is 1.40 bits per heavy atom.